The first-order chi connectivity index (χ1) is 10.8. The number of nitrogens with one attached hydrogen (secondary N) is 2. The van der Waals surface area contributed by atoms with Gasteiger partial charge >= 0.3 is 0 Å². The number of piperazine rings is 1. The van der Waals surface area contributed by atoms with Gasteiger partial charge in [-0.05, 0) is 40.0 Å². The molecule has 1 saturated heterocycles. The van der Waals surface area contributed by atoms with Crippen LogP contribution in [-0.2, 0) is 9.59 Å². The fraction of sp³-hybridized carbons (Fsp3) is 0.882. The number of nitrogens with zero attached hydrogens (tertiary/aromatic N) is 2. The molecular weight excluding hydrogens is 292 g/mol. The molecule has 1 aliphatic heterocycles. The molecule has 0 spiro atoms. The zero-order valence-electron chi connectivity index (χ0n) is 15.0. The summed E-state index contributed by atoms with van der Waals surface area (Å²) in [5, 5.41) is 6.14. The topological polar surface area (TPSA) is 64.7 Å². The largest absolute Gasteiger partial charge is 0.352 e. The molecule has 1 aliphatic carbocycles. The first-order valence-electron chi connectivity index (χ1n) is 8.88. The highest BCUT2D eigenvalue weighted by atomic mass is 16.2. The van der Waals surface area contributed by atoms with Crippen LogP contribution in [0.4, 0.5) is 0 Å². The lowest BCUT2D eigenvalue weighted by Gasteiger charge is -2.38. The minimum absolute atomic E-state index is 0.0942. The summed E-state index contributed by atoms with van der Waals surface area (Å²) >= 11 is 0. The van der Waals surface area contributed by atoms with E-state index in [1.54, 1.807) is 0 Å². The van der Waals surface area contributed by atoms with E-state index in [-0.39, 0.29) is 23.4 Å². The zero-order valence-corrected chi connectivity index (χ0v) is 15.0. The Morgan fingerprint density at radius 1 is 1.17 bits per heavy atom. The summed E-state index contributed by atoms with van der Waals surface area (Å²) in [4.78, 5) is 28.6. The van der Waals surface area contributed by atoms with E-state index in [2.05, 4.69) is 27.4 Å². The third-order valence-electron chi connectivity index (χ3n) is 4.99. The Hall–Kier alpha value is -1.14. The maximum absolute atomic E-state index is 12.4. The summed E-state index contributed by atoms with van der Waals surface area (Å²) in [6.45, 7) is 12.0. The average Bonchev–Trinajstić information content (AvgIpc) is 3.30. The van der Waals surface area contributed by atoms with Gasteiger partial charge in [-0.3, -0.25) is 19.4 Å². The summed E-state index contributed by atoms with van der Waals surface area (Å²) in [5.41, 5.74) is -0.159. The van der Waals surface area contributed by atoms with Gasteiger partial charge in [0.15, 0.2) is 0 Å². The summed E-state index contributed by atoms with van der Waals surface area (Å²) in [6.07, 6.45) is 3.16. The number of rotatable bonds is 7. The van der Waals surface area contributed by atoms with E-state index < -0.39 is 0 Å². The van der Waals surface area contributed by atoms with Gasteiger partial charge in [-0.15, -0.1) is 0 Å². The highest BCUT2D eigenvalue weighted by molar-refractivity contribution is 5.82. The molecule has 6 nitrogen and oxygen atoms in total. The highest BCUT2D eigenvalue weighted by Crippen LogP contribution is 2.18. The molecule has 0 bridgehead atoms. The van der Waals surface area contributed by atoms with Crippen molar-refractivity contribution in [1.82, 2.24) is 20.4 Å². The van der Waals surface area contributed by atoms with E-state index in [1.807, 2.05) is 20.8 Å². The molecule has 2 fully saturated rings. The number of amides is 2. The predicted octanol–water partition coefficient (Wildman–Crippen LogP) is 0.576. The van der Waals surface area contributed by atoms with Crippen molar-refractivity contribution in [2.45, 2.75) is 64.6 Å². The van der Waals surface area contributed by atoms with E-state index in [0.29, 0.717) is 12.6 Å². The van der Waals surface area contributed by atoms with Gasteiger partial charge in [-0.25, -0.2) is 0 Å². The van der Waals surface area contributed by atoms with E-state index in [1.165, 1.54) is 0 Å². The number of carbonyl (C=O) groups is 2. The lowest BCUT2D eigenvalue weighted by Crippen LogP contribution is -2.57. The maximum Gasteiger partial charge on any atom is 0.237 e. The van der Waals surface area contributed by atoms with E-state index in [4.69, 9.17) is 0 Å². The van der Waals surface area contributed by atoms with Crippen molar-refractivity contribution in [1.29, 1.82) is 0 Å². The second kappa shape index (κ2) is 7.62. The van der Waals surface area contributed by atoms with Crippen molar-refractivity contribution in [3.05, 3.63) is 0 Å². The summed E-state index contributed by atoms with van der Waals surface area (Å²) in [7, 11) is 0. The monoisotopic (exact) mass is 324 g/mol. The Bertz CT molecular complexity index is 426. The maximum atomic E-state index is 12.4. The van der Waals surface area contributed by atoms with Crippen molar-refractivity contribution >= 4 is 11.8 Å². The van der Waals surface area contributed by atoms with Crippen LogP contribution < -0.4 is 10.6 Å². The molecule has 0 aromatic carbocycles. The summed E-state index contributed by atoms with van der Waals surface area (Å²) in [5.74, 6) is 0.230. The second-order valence-electron chi connectivity index (χ2n) is 7.56. The molecule has 1 atom stereocenters. The van der Waals surface area contributed by atoms with Crippen molar-refractivity contribution in [2.75, 3.05) is 32.7 Å². The first-order valence-corrected chi connectivity index (χ1v) is 8.88. The number of hydrogen-bond donors (Lipinski definition) is 2. The molecule has 0 aromatic heterocycles. The van der Waals surface area contributed by atoms with Crippen LogP contribution in [0.15, 0.2) is 0 Å². The average molecular weight is 324 g/mol. The van der Waals surface area contributed by atoms with Crippen LogP contribution in [0.5, 0.6) is 0 Å². The second-order valence-corrected chi connectivity index (χ2v) is 7.56. The molecule has 132 valence electrons. The van der Waals surface area contributed by atoms with Crippen LogP contribution in [0, 0.1) is 0 Å². The normalized spacial score (nSPS) is 21.7. The molecule has 0 radical (unpaired) electrons. The molecule has 2 rings (SSSR count). The molecule has 0 aromatic rings. The van der Waals surface area contributed by atoms with Gasteiger partial charge in [0.25, 0.3) is 0 Å². The van der Waals surface area contributed by atoms with Gasteiger partial charge < -0.3 is 10.6 Å². The molecule has 2 amide bonds. The SMILES string of the molecule is CCC(C)(C)NC(=O)C(C)N1CCN(CC(=O)NC2CC2)CC1. The molecule has 1 saturated carbocycles. The van der Waals surface area contributed by atoms with Crippen molar-refractivity contribution in [2.24, 2.45) is 0 Å². The van der Waals surface area contributed by atoms with Crippen LogP contribution in [0.1, 0.15) is 47.0 Å². The minimum Gasteiger partial charge on any atom is -0.352 e. The van der Waals surface area contributed by atoms with Crippen LogP contribution in [0.25, 0.3) is 0 Å². The fourth-order valence-corrected chi connectivity index (χ4v) is 2.70. The third-order valence-corrected chi connectivity index (χ3v) is 4.99. The molecular formula is C17H32N4O2. The fourth-order valence-electron chi connectivity index (χ4n) is 2.70. The smallest absolute Gasteiger partial charge is 0.237 e. The van der Waals surface area contributed by atoms with Gasteiger partial charge in [0, 0.05) is 37.8 Å². The molecule has 2 aliphatic rings. The Morgan fingerprint density at radius 3 is 2.30 bits per heavy atom. The van der Waals surface area contributed by atoms with E-state index in [0.717, 1.165) is 45.4 Å². The van der Waals surface area contributed by atoms with Crippen molar-refractivity contribution in [3.8, 4) is 0 Å². The molecule has 1 heterocycles. The third kappa shape index (κ3) is 5.77. The molecule has 1 unspecified atom stereocenters. The number of carbonyl (C=O) groups excluding carboxylic acids is 2. The standard InChI is InChI=1S/C17H32N4O2/c1-5-17(3,4)19-16(23)13(2)21-10-8-20(9-11-21)12-15(22)18-14-6-7-14/h13-14H,5-12H2,1-4H3,(H,18,22)(H,19,23). The minimum atomic E-state index is -0.159. The first kappa shape index (κ1) is 18.2. The van der Waals surface area contributed by atoms with Crippen LogP contribution >= 0.6 is 0 Å². The predicted molar refractivity (Wildman–Crippen MR) is 91.2 cm³/mol. The van der Waals surface area contributed by atoms with Gasteiger partial charge in [-0.2, -0.15) is 0 Å². The Balaban J connectivity index is 1.72. The van der Waals surface area contributed by atoms with E-state index in [9.17, 15) is 9.59 Å². The van der Waals surface area contributed by atoms with Crippen molar-refractivity contribution < 1.29 is 9.59 Å². The van der Waals surface area contributed by atoms with E-state index >= 15 is 0 Å². The zero-order chi connectivity index (χ0) is 17.0. The molecule has 23 heavy (non-hydrogen) atoms. The Kier molecular flexibility index (Phi) is 6.03. The summed E-state index contributed by atoms with van der Waals surface area (Å²) < 4.78 is 0. The molecule has 6 heteroatoms. The molecule has 2 N–H and O–H groups in total. The Labute approximate surface area is 140 Å². The Morgan fingerprint density at radius 2 is 1.78 bits per heavy atom. The lowest BCUT2D eigenvalue weighted by atomic mass is 10.0. The van der Waals surface area contributed by atoms with Gasteiger partial charge in [0.05, 0.1) is 12.6 Å². The quantitative estimate of drug-likeness (QED) is 0.719. The van der Waals surface area contributed by atoms with Crippen LogP contribution in [0.3, 0.4) is 0 Å². The van der Waals surface area contributed by atoms with Gasteiger partial charge in [0.2, 0.25) is 11.8 Å². The lowest BCUT2D eigenvalue weighted by molar-refractivity contribution is -0.129. The summed E-state index contributed by atoms with van der Waals surface area (Å²) in [6, 6.07) is 0.303. The van der Waals surface area contributed by atoms with Crippen molar-refractivity contribution in [3.63, 3.8) is 0 Å². The number of hydrogen-bond acceptors (Lipinski definition) is 4. The van der Waals surface area contributed by atoms with Gasteiger partial charge in [-0.1, -0.05) is 6.92 Å². The highest BCUT2D eigenvalue weighted by Gasteiger charge is 2.29. The van der Waals surface area contributed by atoms with Gasteiger partial charge in [0.1, 0.15) is 0 Å². The van der Waals surface area contributed by atoms with Crippen LogP contribution in [-0.4, -0.2) is 72.0 Å². The van der Waals surface area contributed by atoms with Crippen LogP contribution in [0.2, 0.25) is 0 Å².